The van der Waals surface area contributed by atoms with E-state index in [2.05, 4.69) is 21.4 Å². The monoisotopic (exact) mass is 383 g/mol. The van der Waals surface area contributed by atoms with Gasteiger partial charge >= 0.3 is 0 Å². The molecule has 0 radical (unpaired) electrons. The maximum absolute atomic E-state index is 12.0. The second-order valence-corrected chi connectivity index (χ2v) is 7.49. The molecule has 0 atom stereocenters. The normalized spacial score (nSPS) is 14.0. The molecule has 0 unspecified atom stereocenters. The number of amides is 1. The van der Waals surface area contributed by atoms with E-state index in [0.29, 0.717) is 11.4 Å². The summed E-state index contributed by atoms with van der Waals surface area (Å²) in [5.74, 6) is 0.684. The molecule has 6 nitrogen and oxygen atoms in total. The van der Waals surface area contributed by atoms with E-state index in [1.807, 2.05) is 42.5 Å². The lowest BCUT2D eigenvalue weighted by Crippen LogP contribution is -2.21. The molecule has 1 aliphatic rings. The van der Waals surface area contributed by atoms with Gasteiger partial charge in [-0.1, -0.05) is 12.1 Å². The second kappa shape index (κ2) is 7.36. The van der Waals surface area contributed by atoms with E-state index in [1.165, 1.54) is 0 Å². The minimum absolute atomic E-state index is 0.0190. The van der Waals surface area contributed by atoms with Crippen molar-refractivity contribution in [2.75, 3.05) is 19.4 Å². The average Bonchev–Trinajstić information content (AvgIpc) is 3.55. The number of hydrogen-bond donors (Lipinski definition) is 1. The predicted octanol–water partition coefficient (Wildman–Crippen LogP) is 4.14. The third kappa shape index (κ3) is 3.81. The molecule has 6 heteroatoms. The fourth-order valence-electron chi connectivity index (χ4n) is 3.21. The Morgan fingerprint density at radius 3 is 2.38 bits per heavy atom. The van der Waals surface area contributed by atoms with Crippen molar-refractivity contribution in [1.82, 2.24) is 14.9 Å². The molecule has 1 amide bonds. The van der Waals surface area contributed by atoms with E-state index in [4.69, 9.17) is 0 Å². The molecule has 1 saturated carbocycles. The number of nitrogens with zero attached hydrogens (tertiary/aromatic N) is 4. The number of nitriles is 1. The number of anilines is 2. The smallest absolute Gasteiger partial charge is 0.253 e. The summed E-state index contributed by atoms with van der Waals surface area (Å²) in [6, 6.07) is 15.7. The van der Waals surface area contributed by atoms with E-state index < -0.39 is 0 Å². The quantitative estimate of drug-likeness (QED) is 0.716. The van der Waals surface area contributed by atoms with Gasteiger partial charge in [0, 0.05) is 37.6 Å². The first-order chi connectivity index (χ1) is 14.0. The van der Waals surface area contributed by atoms with E-state index in [-0.39, 0.29) is 11.3 Å². The number of benzene rings is 1. The Morgan fingerprint density at radius 1 is 1.07 bits per heavy atom. The Kier molecular flexibility index (Phi) is 4.73. The Balaban J connectivity index is 1.48. The summed E-state index contributed by atoms with van der Waals surface area (Å²) < 4.78 is 0. The lowest BCUT2D eigenvalue weighted by atomic mass is 9.99. The summed E-state index contributed by atoms with van der Waals surface area (Å²) in [5.41, 5.74) is 4.02. The molecular weight excluding hydrogens is 362 g/mol. The highest BCUT2D eigenvalue weighted by Gasteiger charge is 2.45. The van der Waals surface area contributed by atoms with E-state index in [9.17, 15) is 10.1 Å². The summed E-state index contributed by atoms with van der Waals surface area (Å²) in [7, 11) is 3.48. The highest BCUT2D eigenvalue weighted by atomic mass is 16.2. The Bertz CT molecular complexity index is 1080. The van der Waals surface area contributed by atoms with Crippen molar-refractivity contribution in [2.24, 2.45) is 0 Å². The number of carbonyl (C=O) groups excluding carboxylic acids is 1. The minimum Gasteiger partial charge on any atom is -0.345 e. The first-order valence-corrected chi connectivity index (χ1v) is 9.43. The predicted molar refractivity (Wildman–Crippen MR) is 112 cm³/mol. The Labute approximate surface area is 169 Å². The number of nitrogens with one attached hydrogen (secondary N) is 1. The van der Waals surface area contributed by atoms with Gasteiger partial charge in [0.05, 0.1) is 23.4 Å². The lowest BCUT2D eigenvalue weighted by molar-refractivity contribution is 0.0827. The number of aromatic nitrogens is 2. The van der Waals surface area contributed by atoms with Crippen molar-refractivity contribution in [3.8, 4) is 17.2 Å². The van der Waals surface area contributed by atoms with Crippen LogP contribution in [0.15, 0.2) is 61.1 Å². The molecule has 0 spiro atoms. The molecule has 29 heavy (non-hydrogen) atoms. The molecule has 1 N–H and O–H groups in total. The van der Waals surface area contributed by atoms with Crippen molar-refractivity contribution in [1.29, 1.82) is 5.26 Å². The van der Waals surface area contributed by atoms with Crippen LogP contribution in [-0.2, 0) is 5.41 Å². The van der Waals surface area contributed by atoms with Gasteiger partial charge in [-0.25, -0.2) is 4.98 Å². The van der Waals surface area contributed by atoms with E-state index >= 15 is 0 Å². The molecule has 1 fully saturated rings. The summed E-state index contributed by atoms with van der Waals surface area (Å²) in [6.07, 6.45) is 7.07. The van der Waals surface area contributed by atoms with Gasteiger partial charge in [-0.2, -0.15) is 5.26 Å². The summed E-state index contributed by atoms with van der Waals surface area (Å²) >= 11 is 0. The molecule has 4 rings (SSSR count). The Hall–Kier alpha value is -3.72. The molecule has 0 saturated heterocycles. The van der Waals surface area contributed by atoms with Crippen LogP contribution < -0.4 is 5.32 Å². The zero-order valence-electron chi connectivity index (χ0n) is 16.4. The van der Waals surface area contributed by atoms with Crippen LogP contribution in [0.2, 0.25) is 0 Å². The van der Waals surface area contributed by atoms with Crippen LogP contribution in [0.5, 0.6) is 0 Å². The van der Waals surface area contributed by atoms with Gasteiger partial charge in [-0.05, 0) is 54.3 Å². The maximum Gasteiger partial charge on any atom is 0.253 e. The topological polar surface area (TPSA) is 81.9 Å². The maximum atomic E-state index is 12.0. The van der Waals surface area contributed by atoms with Crippen LogP contribution in [0, 0.1) is 11.3 Å². The molecule has 1 aromatic carbocycles. The van der Waals surface area contributed by atoms with E-state index in [0.717, 1.165) is 35.2 Å². The number of carbonyl (C=O) groups is 1. The molecule has 2 heterocycles. The molecule has 1 aliphatic carbocycles. The van der Waals surface area contributed by atoms with Gasteiger partial charge in [0.1, 0.15) is 5.82 Å². The number of pyridine rings is 2. The van der Waals surface area contributed by atoms with Crippen LogP contribution in [0.4, 0.5) is 11.5 Å². The average molecular weight is 383 g/mol. The minimum atomic E-state index is -0.359. The SMILES string of the molecule is CN(C)C(=O)c1ccc(-c2ccc(Nc3cncc(C4(C#N)CC4)c3)nc2)cc1. The van der Waals surface area contributed by atoms with Crippen LogP contribution in [0.1, 0.15) is 28.8 Å². The molecular formula is C23H21N5O. The first kappa shape index (κ1) is 18.6. The molecule has 0 bridgehead atoms. The largest absolute Gasteiger partial charge is 0.345 e. The molecule has 144 valence electrons. The second-order valence-electron chi connectivity index (χ2n) is 7.49. The fraction of sp³-hybridized carbons (Fsp3) is 0.217. The Morgan fingerprint density at radius 2 is 1.79 bits per heavy atom. The van der Waals surface area contributed by atoms with Gasteiger partial charge in [-0.15, -0.1) is 0 Å². The van der Waals surface area contributed by atoms with Crippen molar-refractivity contribution < 1.29 is 4.79 Å². The molecule has 2 aromatic heterocycles. The third-order valence-corrected chi connectivity index (χ3v) is 5.16. The van der Waals surface area contributed by atoms with Gasteiger partial charge in [-0.3, -0.25) is 9.78 Å². The van der Waals surface area contributed by atoms with Gasteiger partial charge in [0.15, 0.2) is 0 Å². The van der Waals surface area contributed by atoms with Crippen molar-refractivity contribution in [3.63, 3.8) is 0 Å². The fourth-order valence-corrected chi connectivity index (χ4v) is 3.21. The number of rotatable bonds is 5. The molecule has 3 aromatic rings. The highest BCUT2D eigenvalue weighted by molar-refractivity contribution is 5.94. The summed E-state index contributed by atoms with van der Waals surface area (Å²) in [5, 5.41) is 12.6. The summed E-state index contributed by atoms with van der Waals surface area (Å²) in [6.45, 7) is 0. The summed E-state index contributed by atoms with van der Waals surface area (Å²) in [4.78, 5) is 22.3. The van der Waals surface area contributed by atoms with Crippen LogP contribution >= 0.6 is 0 Å². The zero-order valence-corrected chi connectivity index (χ0v) is 16.4. The third-order valence-electron chi connectivity index (χ3n) is 5.16. The van der Waals surface area contributed by atoms with Gasteiger partial charge < -0.3 is 10.2 Å². The van der Waals surface area contributed by atoms with Gasteiger partial charge in [0.25, 0.3) is 5.91 Å². The highest BCUT2D eigenvalue weighted by Crippen LogP contribution is 2.47. The van der Waals surface area contributed by atoms with Crippen LogP contribution in [0.3, 0.4) is 0 Å². The van der Waals surface area contributed by atoms with Crippen LogP contribution in [-0.4, -0.2) is 34.9 Å². The first-order valence-electron chi connectivity index (χ1n) is 9.43. The zero-order chi connectivity index (χ0) is 20.4. The number of hydrogen-bond acceptors (Lipinski definition) is 5. The van der Waals surface area contributed by atoms with Gasteiger partial charge in [0.2, 0.25) is 0 Å². The van der Waals surface area contributed by atoms with Crippen LogP contribution in [0.25, 0.3) is 11.1 Å². The lowest BCUT2D eigenvalue weighted by Gasteiger charge is -2.11. The standard InChI is InChI=1S/C23H21N5O/c1-28(2)22(29)17-5-3-16(4-6-17)18-7-8-21(26-12-18)27-20-11-19(13-25-14-20)23(15-24)9-10-23/h3-8,11-14H,9-10H2,1-2H3,(H,26,27). The van der Waals surface area contributed by atoms with E-state index in [1.54, 1.807) is 37.6 Å². The van der Waals surface area contributed by atoms with Crippen molar-refractivity contribution in [3.05, 3.63) is 72.2 Å². The van der Waals surface area contributed by atoms with Crippen molar-refractivity contribution in [2.45, 2.75) is 18.3 Å². The molecule has 0 aliphatic heterocycles. The van der Waals surface area contributed by atoms with Crippen molar-refractivity contribution >= 4 is 17.4 Å².